The van der Waals surface area contributed by atoms with Crippen LogP contribution < -0.4 is 5.32 Å². The molecule has 0 bridgehead atoms. The molecule has 3 rings (SSSR count). The van der Waals surface area contributed by atoms with Gasteiger partial charge in [0.15, 0.2) is 0 Å². The molecule has 0 saturated heterocycles. The van der Waals surface area contributed by atoms with E-state index in [1.54, 1.807) is 6.33 Å². The molecule has 0 radical (unpaired) electrons. The first-order valence-corrected chi connectivity index (χ1v) is 7.40. The fraction of sp³-hybridized carbons (Fsp3) is 0.714. The van der Waals surface area contributed by atoms with E-state index in [0.29, 0.717) is 5.15 Å². The quantitative estimate of drug-likeness (QED) is 0.800. The highest BCUT2D eigenvalue weighted by Crippen LogP contribution is 2.49. The Balaban J connectivity index is 1.66. The lowest BCUT2D eigenvalue weighted by Gasteiger charge is -2.18. The average molecular weight is 266 g/mol. The maximum Gasteiger partial charge on any atom is 0.137 e. The molecule has 2 saturated carbocycles. The normalized spacial score (nSPS) is 19.3. The van der Waals surface area contributed by atoms with Crippen molar-refractivity contribution in [1.29, 1.82) is 0 Å². The summed E-state index contributed by atoms with van der Waals surface area (Å²) in [5, 5.41) is 4.10. The van der Waals surface area contributed by atoms with Crippen molar-refractivity contribution in [1.82, 2.24) is 9.97 Å². The van der Waals surface area contributed by atoms with Gasteiger partial charge in [0.1, 0.15) is 17.3 Å². The van der Waals surface area contributed by atoms with Crippen molar-refractivity contribution in [3.63, 3.8) is 0 Å². The van der Waals surface area contributed by atoms with Gasteiger partial charge in [0.05, 0.1) is 0 Å². The van der Waals surface area contributed by atoms with E-state index < -0.39 is 0 Å². The number of hydrogen-bond acceptors (Lipinski definition) is 3. The second-order valence-corrected chi connectivity index (χ2v) is 5.92. The fourth-order valence-corrected chi connectivity index (χ4v) is 3.10. The third kappa shape index (κ3) is 2.61. The standard InChI is InChI=1S/C14H20ClN3/c1-2-11-13(15)17-8-18-14(11)16-7-12(9-3-4-9)10-5-6-10/h8-10,12H,2-7H2,1H3,(H,16,17,18). The topological polar surface area (TPSA) is 37.8 Å². The van der Waals surface area contributed by atoms with Gasteiger partial charge in [-0.25, -0.2) is 9.97 Å². The van der Waals surface area contributed by atoms with E-state index in [2.05, 4.69) is 22.2 Å². The largest absolute Gasteiger partial charge is 0.369 e. The van der Waals surface area contributed by atoms with Gasteiger partial charge in [-0.05, 0) is 49.9 Å². The van der Waals surface area contributed by atoms with Crippen LogP contribution in [0.4, 0.5) is 5.82 Å². The highest BCUT2D eigenvalue weighted by molar-refractivity contribution is 6.30. The van der Waals surface area contributed by atoms with E-state index in [-0.39, 0.29) is 0 Å². The summed E-state index contributed by atoms with van der Waals surface area (Å²) in [5.74, 6) is 3.71. The van der Waals surface area contributed by atoms with Crippen molar-refractivity contribution in [3.8, 4) is 0 Å². The smallest absolute Gasteiger partial charge is 0.137 e. The molecule has 3 nitrogen and oxygen atoms in total. The third-order valence-electron chi connectivity index (χ3n) is 4.21. The van der Waals surface area contributed by atoms with Crippen molar-refractivity contribution < 1.29 is 0 Å². The highest BCUT2D eigenvalue weighted by atomic mass is 35.5. The van der Waals surface area contributed by atoms with Gasteiger partial charge in [-0.15, -0.1) is 0 Å². The Morgan fingerprint density at radius 3 is 2.50 bits per heavy atom. The fourth-order valence-electron chi connectivity index (χ4n) is 2.84. The zero-order valence-corrected chi connectivity index (χ0v) is 11.6. The van der Waals surface area contributed by atoms with Gasteiger partial charge in [0, 0.05) is 12.1 Å². The Kier molecular flexibility index (Phi) is 3.42. The van der Waals surface area contributed by atoms with Crippen LogP contribution in [0.1, 0.15) is 38.2 Å². The number of anilines is 1. The molecule has 0 unspecified atom stereocenters. The van der Waals surface area contributed by atoms with E-state index in [0.717, 1.165) is 42.1 Å². The molecule has 0 spiro atoms. The van der Waals surface area contributed by atoms with Gasteiger partial charge in [-0.3, -0.25) is 0 Å². The van der Waals surface area contributed by atoms with Crippen molar-refractivity contribution in [2.24, 2.45) is 17.8 Å². The molecule has 4 heteroatoms. The van der Waals surface area contributed by atoms with Gasteiger partial charge < -0.3 is 5.32 Å². The first kappa shape index (κ1) is 12.2. The van der Waals surface area contributed by atoms with Crippen molar-refractivity contribution in [2.75, 3.05) is 11.9 Å². The number of hydrogen-bond donors (Lipinski definition) is 1. The molecule has 98 valence electrons. The second-order valence-electron chi connectivity index (χ2n) is 5.56. The molecule has 1 heterocycles. The van der Waals surface area contributed by atoms with Gasteiger partial charge in [-0.2, -0.15) is 0 Å². The molecule has 0 atom stereocenters. The van der Waals surface area contributed by atoms with Crippen LogP contribution in [0.3, 0.4) is 0 Å². The molecule has 0 amide bonds. The van der Waals surface area contributed by atoms with Crippen LogP contribution in [0, 0.1) is 17.8 Å². The number of nitrogens with one attached hydrogen (secondary N) is 1. The van der Waals surface area contributed by atoms with Crippen molar-refractivity contribution >= 4 is 17.4 Å². The molecule has 18 heavy (non-hydrogen) atoms. The van der Waals surface area contributed by atoms with Crippen LogP contribution in [-0.4, -0.2) is 16.5 Å². The maximum atomic E-state index is 6.10. The second kappa shape index (κ2) is 5.04. The van der Waals surface area contributed by atoms with Crippen LogP contribution in [-0.2, 0) is 6.42 Å². The maximum absolute atomic E-state index is 6.10. The van der Waals surface area contributed by atoms with E-state index in [4.69, 9.17) is 11.6 Å². The Morgan fingerprint density at radius 1 is 1.28 bits per heavy atom. The first-order valence-electron chi connectivity index (χ1n) is 7.02. The summed E-state index contributed by atoms with van der Waals surface area (Å²) in [6.07, 6.45) is 8.12. The molecule has 2 aliphatic rings. The molecule has 2 aliphatic carbocycles. The lowest BCUT2D eigenvalue weighted by Crippen LogP contribution is -2.19. The number of rotatable bonds is 6. The minimum Gasteiger partial charge on any atom is -0.369 e. The third-order valence-corrected chi connectivity index (χ3v) is 4.53. The number of aromatic nitrogens is 2. The molecule has 2 fully saturated rings. The van der Waals surface area contributed by atoms with Crippen LogP contribution in [0.5, 0.6) is 0 Å². The Morgan fingerprint density at radius 2 is 1.94 bits per heavy atom. The van der Waals surface area contributed by atoms with Crippen LogP contribution >= 0.6 is 11.6 Å². The molecule has 1 aromatic rings. The van der Waals surface area contributed by atoms with E-state index in [1.807, 2.05) is 0 Å². The van der Waals surface area contributed by atoms with Crippen LogP contribution in [0.25, 0.3) is 0 Å². The SMILES string of the molecule is CCc1c(Cl)ncnc1NCC(C1CC1)C1CC1. The molecular formula is C14H20ClN3. The van der Waals surface area contributed by atoms with Crippen molar-refractivity contribution in [2.45, 2.75) is 39.0 Å². The van der Waals surface area contributed by atoms with E-state index >= 15 is 0 Å². The zero-order valence-electron chi connectivity index (χ0n) is 10.8. The van der Waals surface area contributed by atoms with Crippen LogP contribution in [0.2, 0.25) is 5.15 Å². The molecule has 1 aromatic heterocycles. The first-order chi connectivity index (χ1) is 8.79. The number of nitrogens with zero attached hydrogens (tertiary/aromatic N) is 2. The van der Waals surface area contributed by atoms with E-state index in [1.165, 1.54) is 25.7 Å². The summed E-state index contributed by atoms with van der Waals surface area (Å²) >= 11 is 6.10. The molecular weight excluding hydrogens is 246 g/mol. The minimum absolute atomic E-state index is 0.587. The predicted molar refractivity (Wildman–Crippen MR) is 73.8 cm³/mol. The Bertz CT molecular complexity index is 415. The summed E-state index contributed by atoms with van der Waals surface area (Å²) in [6, 6.07) is 0. The van der Waals surface area contributed by atoms with E-state index in [9.17, 15) is 0 Å². The van der Waals surface area contributed by atoms with Gasteiger partial charge in [0.2, 0.25) is 0 Å². The van der Waals surface area contributed by atoms with Crippen LogP contribution in [0.15, 0.2) is 6.33 Å². The zero-order chi connectivity index (χ0) is 12.5. The van der Waals surface area contributed by atoms with Crippen molar-refractivity contribution in [3.05, 3.63) is 17.0 Å². The average Bonchev–Trinajstić information content (AvgIpc) is 3.24. The predicted octanol–water partition coefficient (Wildman–Crippen LogP) is 3.54. The summed E-state index contributed by atoms with van der Waals surface area (Å²) in [6.45, 7) is 3.14. The molecule has 0 aliphatic heterocycles. The molecule has 1 N–H and O–H groups in total. The Hall–Kier alpha value is -0.830. The number of halogens is 1. The Labute approximate surface area is 113 Å². The highest BCUT2D eigenvalue weighted by Gasteiger charge is 2.41. The summed E-state index contributed by atoms with van der Waals surface area (Å²) in [5.41, 5.74) is 1.05. The minimum atomic E-state index is 0.587. The summed E-state index contributed by atoms with van der Waals surface area (Å²) in [4.78, 5) is 8.38. The summed E-state index contributed by atoms with van der Waals surface area (Å²) < 4.78 is 0. The lowest BCUT2D eigenvalue weighted by molar-refractivity contribution is 0.427. The van der Waals surface area contributed by atoms with Gasteiger partial charge >= 0.3 is 0 Å². The lowest BCUT2D eigenvalue weighted by atomic mass is 9.98. The monoisotopic (exact) mass is 265 g/mol. The molecule has 0 aromatic carbocycles. The summed E-state index contributed by atoms with van der Waals surface area (Å²) in [7, 11) is 0. The van der Waals surface area contributed by atoms with Gasteiger partial charge in [0.25, 0.3) is 0 Å². The van der Waals surface area contributed by atoms with Gasteiger partial charge in [-0.1, -0.05) is 18.5 Å².